The molecule has 2 aromatic carbocycles. The van der Waals surface area contributed by atoms with Crippen LogP contribution < -0.4 is 9.47 Å². The highest BCUT2D eigenvalue weighted by molar-refractivity contribution is 6.32. The summed E-state index contributed by atoms with van der Waals surface area (Å²) >= 11 is 6.18. The summed E-state index contributed by atoms with van der Waals surface area (Å²) in [5.74, 6) is 1.59. The maximum atomic E-state index is 9.48. The zero-order valence-electron chi connectivity index (χ0n) is 13.7. The fourth-order valence-electron chi connectivity index (χ4n) is 2.53. The molecule has 0 bridgehead atoms. The fraction of sp³-hybridized carbons (Fsp3) is 0.105. The molecule has 7 heteroatoms. The van der Waals surface area contributed by atoms with E-state index in [-0.39, 0.29) is 18.3 Å². The second-order valence-corrected chi connectivity index (χ2v) is 6.10. The summed E-state index contributed by atoms with van der Waals surface area (Å²) < 4.78 is 15.9. The van der Waals surface area contributed by atoms with Crippen LogP contribution in [0, 0.1) is 18.3 Å². The molecule has 0 radical (unpaired) electrons. The number of halogens is 1. The van der Waals surface area contributed by atoms with E-state index in [1.54, 1.807) is 18.2 Å². The Morgan fingerprint density at radius 3 is 2.81 bits per heavy atom. The molecule has 1 aromatic heterocycles. The first-order valence-electron chi connectivity index (χ1n) is 7.76. The van der Waals surface area contributed by atoms with Crippen LogP contribution in [0.3, 0.4) is 0 Å². The van der Waals surface area contributed by atoms with Crippen molar-refractivity contribution in [3.05, 3.63) is 58.4 Å². The second kappa shape index (κ2) is 6.54. The highest BCUT2D eigenvalue weighted by Gasteiger charge is 2.19. The number of nitriles is 1. The second-order valence-electron chi connectivity index (χ2n) is 5.70. The van der Waals surface area contributed by atoms with Gasteiger partial charge in [0.05, 0.1) is 5.02 Å². The standard InChI is InChI=1S/C19H12ClN3O3/c1-11-2-4-13(5-3-11)18-22-19(26-23-18)14(9-21)6-12-7-15(20)17-16(8-12)24-10-25-17/h2-8H,10H2,1H3/b14-6+. The van der Waals surface area contributed by atoms with Crippen molar-refractivity contribution in [2.45, 2.75) is 6.92 Å². The van der Waals surface area contributed by atoms with Crippen LogP contribution in [0.1, 0.15) is 17.0 Å². The van der Waals surface area contributed by atoms with Crippen molar-refractivity contribution in [3.8, 4) is 29.0 Å². The van der Waals surface area contributed by atoms with Gasteiger partial charge in [0, 0.05) is 5.56 Å². The largest absolute Gasteiger partial charge is 0.454 e. The Kier molecular flexibility index (Phi) is 4.07. The van der Waals surface area contributed by atoms with Crippen LogP contribution in [-0.4, -0.2) is 16.9 Å². The Bertz CT molecular complexity index is 1050. The average Bonchev–Trinajstić information content (AvgIpc) is 3.30. The number of nitrogens with zero attached hydrogens (tertiary/aromatic N) is 3. The van der Waals surface area contributed by atoms with Crippen LogP contribution in [0.2, 0.25) is 5.02 Å². The van der Waals surface area contributed by atoms with Crippen LogP contribution in [0.5, 0.6) is 11.5 Å². The summed E-state index contributed by atoms with van der Waals surface area (Å²) in [6, 6.07) is 13.2. The van der Waals surface area contributed by atoms with Gasteiger partial charge >= 0.3 is 0 Å². The zero-order valence-corrected chi connectivity index (χ0v) is 14.4. The smallest absolute Gasteiger partial charge is 0.268 e. The van der Waals surface area contributed by atoms with Gasteiger partial charge in [-0.05, 0) is 30.7 Å². The van der Waals surface area contributed by atoms with Crippen LogP contribution >= 0.6 is 11.6 Å². The summed E-state index contributed by atoms with van der Waals surface area (Å²) in [6.45, 7) is 2.12. The summed E-state index contributed by atoms with van der Waals surface area (Å²) in [6.07, 6.45) is 1.61. The SMILES string of the molecule is Cc1ccc(-c2noc(/C(C#N)=C/c3cc(Cl)c4c(c3)OCO4)n2)cc1. The Hall–Kier alpha value is -3.30. The summed E-state index contributed by atoms with van der Waals surface area (Å²) in [4.78, 5) is 4.31. The van der Waals surface area contributed by atoms with Crippen molar-refractivity contribution < 1.29 is 14.0 Å². The lowest BCUT2D eigenvalue weighted by atomic mass is 10.1. The average molecular weight is 366 g/mol. The van der Waals surface area contributed by atoms with E-state index < -0.39 is 0 Å². The summed E-state index contributed by atoms with van der Waals surface area (Å²) in [7, 11) is 0. The molecule has 0 aliphatic carbocycles. The van der Waals surface area contributed by atoms with Crippen LogP contribution in [0.25, 0.3) is 23.0 Å². The quantitative estimate of drug-likeness (QED) is 0.636. The number of ether oxygens (including phenoxy) is 2. The topological polar surface area (TPSA) is 81.2 Å². The third-order valence-corrected chi connectivity index (χ3v) is 4.13. The van der Waals surface area contributed by atoms with Gasteiger partial charge in [-0.3, -0.25) is 0 Å². The molecule has 1 aliphatic heterocycles. The van der Waals surface area contributed by atoms with E-state index in [1.165, 1.54) is 0 Å². The van der Waals surface area contributed by atoms with Gasteiger partial charge in [-0.15, -0.1) is 0 Å². The molecule has 2 heterocycles. The Morgan fingerprint density at radius 2 is 2.04 bits per heavy atom. The minimum atomic E-state index is 0.122. The van der Waals surface area contributed by atoms with Crippen molar-refractivity contribution in [2.24, 2.45) is 0 Å². The maximum Gasteiger partial charge on any atom is 0.268 e. The molecular weight excluding hydrogens is 354 g/mol. The van der Waals surface area contributed by atoms with Crippen LogP contribution in [0.4, 0.5) is 0 Å². The van der Waals surface area contributed by atoms with Crippen molar-refractivity contribution in [1.29, 1.82) is 5.26 Å². The van der Waals surface area contributed by atoms with E-state index in [0.717, 1.165) is 11.1 Å². The van der Waals surface area contributed by atoms with Gasteiger partial charge in [0.15, 0.2) is 11.5 Å². The molecule has 0 amide bonds. The molecule has 3 aromatic rings. The van der Waals surface area contributed by atoms with Crippen molar-refractivity contribution in [2.75, 3.05) is 6.79 Å². The summed E-state index contributed by atoms with van der Waals surface area (Å²) in [5.41, 5.74) is 2.85. The molecule has 6 nitrogen and oxygen atoms in total. The van der Waals surface area contributed by atoms with Gasteiger partial charge in [-0.1, -0.05) is 46.6 Å². The number of fused-ring (bicyclic) bond motifs is 1. The lowest BCUT2D eigenvalue weighted by molar-refractivity contribution is 0.174. The highest BCUT2D eigenvalue weighted by Crippen LogP contribution is 2.40. The normalized spacial score (nSPS) is 12.9. The molecule has 0 unspecified atom stereocenters. The van der Waals surface area contributed by atoms with Crippen molar-refractivity contribution in [3.63, 3.8) is 0 Å². The first-order valence-corrected chi connectivity index (χ1v) is 8.14. The first-order chi connectivity index (χ1) is 12.6. The van der Waals surface area contributed by atoms with Crippen molar-refractivity contribution in [1.82, 2.24) is 10.1 Å². The fourth-order valence-corrected chi connectivity index (χ4v) is 2.81. The molecule has 26 heavy (non-hydrogen) atoms. The minimum Gasteiger partial charge on any atom is -0.454 e. The maximum absolute atomic E-state index is 9.48. The monoisotopic (exact) mass is 365 g/mol. The van der Waals surface area contributed by atoms with Gasteiger partial charge in [0.1, 0.15) is 11.6 Å². The molecule has 0 spiro atoms. The zero-order chi connectivity index (χ0) is 18.1. The number of hydrogen-bond donors (Lipinski definition) is 0. The number of allylic oxidation sites excluding steroid dienone is 1. The molecule has 0 atom stereocenters. The molecule has 0 saturated carbocycles. The minimum absolute atomic E-state index is 0.122. The summed E-state index contributed by atoms with van der Waals surface area (Å²) in [5, 5.41) is 13.8. The van der Waals surface area contributed by atoms with E-state index >= 15 is 0 Å². The van der Waals surface area contributed by atoms with E-state index in [2.05, 4.69) is 16.2 Å². The molecule has 0 saturated heterocycles. The number of aromatic nitrogens is 2. The molecule has 1 aliphatic rings. The molecule has 128 valence electrons. The molecule has 4 rings (SSSR count). The lowest BCUT2D eigenvalue weighted by Gasteiger charge is -2.01. The van der Waals surface area contributed by atoms with Gasteiger partial charge in [-0.25, -0.2) is 0 Å². The Labute approximate surface area is 154 Å². The molecular formula is C19H12ClN3O3. The van der Waals surface area contributed by atoms with E-state index in [4.69, 9.17) is 25.6 Å². The number of rotatable bonds is 3. The van der Waals surface area contributed by atoms with Gasteiger partial charge in [0.25, 0.3) is 5.89 Å². The van der Waals surface area contributed by atoms with E-state index in [1.807, 2.05) is 31.2 Å². The molecule has 0 fully saturated rings. The van der Waals surface area contributed by atoms with Crippen molar-refractivity contribution >= 4 is 23.3 Å². The predicted octanol–water partition coefficient (Wildman–Crippen LogP) is 4.49. The highest BCUT2D eigenvalue weighted by atomic mass is 35.5. The predicted molar refractivity (Wildman–Crippen MR) is 95.5 cm³/mol. The Balaban J connectivity index is 1.68. The first kappa shape index (κ1) is 16.2. The van der Waals surface area contributed by atoms with E-state index in [9.17, 15) is 5.26 Å². The lowest BCUT2D eigenvalue weighted by Crippen LogP contribution is -1.93. The third kappa shape index (κ3) is 3.01. The number of benzene rings is 2. The van der Waals surface area contributed by atoms with Gasteiger partial charge in [-0.2, -0.15) is 10.2 Å². The van der Waals surface area contributed by atoms with Gasteiger partial charge in [0.2, 0.25) is 12.6 Å². The number of hydrogen-bond acceptors (Lipinski definition) is 6. The van der Waals surface area contributed by atoms with Gasteiger partial charge < -0.3 is 14.0 Å². The molecule has 0 N–H and O–H groups in total. The van der Waals surface area contributed by atoms with E-state index in [0.29, 0.717) is 27.9 Å². The van der Waals surface area contributed by atoms with Crippen LogP contribution in [-0.2, 0) is 0 Å². The number of aryl methyl sites for hydroxylation is 1. The Morgan fingerprint density at radius 1 is 1.23 bits per heavy atom. The third-order valence-electron chi connectivity index (χ3n) is 3.85. The van der Waals surface area contributed by atoms with Crippen LogP contribution in [0.15, 0.2) is 40.9 Å².